The minimum atomic E-state index is -0.0200. The molecule has 166 valence electrons. The molecule has 2 amide bonds. The van der Waals surface area contributed by atoms with Gasteiger partial charge in [-0.1, -0.05) is 31.0 Å². The van der Waals surface area contributed by atoms with Crippen LogP contribution in [0, 0.1) is 0 Å². The van der Waals surface area contributed by atoms with E-state index in [1.807, 2.05) is 47.0 Å². The topological polar surface area (TPSA) is 70.5 Å². The van der Waals surface area contributed by atoms with Crippen LogP contribution in [0.5, 0.6) is 0 Å². The van der Waals surface area contributed by atoms with Gasteiger partial charge in [-0.3, -0.25) is 14.5 Å². The van der Waals surface area contributed by atoms with Gasteiger partial charge in [0.1, 0.15) is 5.82 Å². The van der Waals surface area contributed by atoms with Crippen molar-refractivity contribution in [3.05, 3.63) is 42.1 Å². The average Bonchev–Trinajstić information content (AvgIpc) is 3.44. The van der Waals surface area contributed by atoms with Gasteiger partial charge in [-0.05, 0) is 37.8 Å². The summed E-state index contributed by atoms with van der Waals surface area (Å²) < 4.78 is 1.86. The lowest BCUT2D eigenvalue weighted by molar-refractivity contribution is -0.130. The van der Waals surface area contributed by atoms with Gasteiger partial charge in [0.2, 0.25) is 11.8 Å². The molecule has 1 aromatic carbocycles. The van der Waals surface area contributed by atoms with Gasteiger partial charge in [0.15, 0.2) is 0 Å². The second-order valence-corrected chi connectivity index (χ2v) is 8.87. The molecule has 2 heterocycles. The third-order valence-electron chi connectivity index (χ3n) is 6.74. The van der Waals surface area contributed by atoms with Crippen molar-refractivity contribution >= 4 is 17.6 Å². The average molecular weight is 424 g/mol. The Bertz CT molecular complexity index is 896. The van der Waals surface area contributed by atoms with Crippen LogP contribution in [0.4, 0.5) is 5.82 Å². The molecule has 0 atom stereocenters. The quantitative estimate of drug-likeness (QED) is 0.773. The zero-order valence-corrected chi connectivity index (χ0v) is 18.6. The summed E-state index contributed by atoms with van der Waals surface area (Å²) in [5.74, 6) is 1.30. The molecule has 2 fully saturated rings. The number of hydrogen-bond donors (Lipinski definition) is 1. The van der Waals surface area contributed by atoms with Crippen LogP contribution in [0.1, 0.15) is 57.1 Å². The fourth-order valence-electron chi connectivity index (χ4n) is 4.78. The molecule has 1 aromatic heterocycles. The Morgan fingerprint density at radius 1 is 1.10 bits per heavy atom. The molecule has 1 aliphatic heterocycles. The number of anilines is 1. The van der Waals surface area contributed by atoms with Gasteiger partial charge >= 0.3 is 0 Å². The van der Waals surface area contributed by atoms with E-state index in [4.69, 9.17) is 5.10 Å². The fraction of sp³-hybridized carbons (Fsp3) is 0.542. The van der Waals surface area contributed by atoms with Crippen molar-refractivity contribution in [3.8, 4) is 5.69 Å². The molecule has 0 bridgehead atoms. The van der Waals surface area contributed by atoms with Crippen molar-refractivity contribution in [1.82, 2.24) is 19.6 Å². The minimum Gasteiger partial charge on any atom is -0.343 e. The molecule has 0 spiro atoms. The van der Waals surface area contributed by atoms with E-state index >= 15 is 0 Å². The van der Waals surface area contributed by atoms with Crippen molar-refractivity contribution < 1.29 is 9.59 Å². The number of likely N-dealkylation sites (tertiary alicyclic amines) is 1. The maximum absolute atomic E-state index is 12.9. The van der Waals surface area contributed by atoms with E-state index in [2.05, 4.69) is 16.3 Å². The van der Waals surface area contributed by atoms with E-state index in [1.54, 1.807) is 6.92 Å². The molecule has 7 heteroatoms. The second-order valence-electron chi connectivity index (χ2n) is 8.87. The zero-order valence-electron chi connectivity index (χ0n) is 18.6. The van der Waals surface area contributed by atoms with Gasteiger partial charge in [0.05, 0.1) is 17.9 Å². The first kappa shape index (κ1) is 21.6. The summed E-state index contributed by atoms with van der Waals surface area (Å²) in [4.78, 5) is 28.4. The van der Waals surface area contributed by atoms with Crippen molar-refractivity contribution in [3.63, 3.8) is 0 Å². The summed E-state index contributed by atoms with van der Waals surface area (Å²) in [6.07, 6.45) is 6.64. The highest BCUT2D eigenvalue weighted by molar-refractivity contribution is 5.91. The number of aromatic nitrogens is 2. The Morgan fingerprint density at radius 2 is 1.77 bits per heavy atom. The van der Waals surface area contributed by atoms with Crippen LogP contribution >= 0.6 is 0 Å². The lowest BCUT2D eigenvalue weighted by Crippen LogP contribution is -2.46. The van der Waals surface area contributed by atoms with Crippen molar-refractivity contribution in [2.45, 2.75) is 57.4 Å². The largest absolute Gasteiger partial charge is 0.343 e. The maximum atomic E-state index is 12.9. The van der Waals surface area contributed by atoms with Gasteiger partial charge < -0.3 is 10.2 Å². The summed E-state index contributed by atoms with van der Waals surface area (Å²) in [6.45, 7) is 3.60. The van der Waals surface area contributed by atoms with Crippen LogP contribution in [0.15, 0.2) is 36.4 Å². The van der Waals surface area contributed by atoms with E-state index < -0.39 is 0 Å². The monoisotopic (exact) mass is 423 g/mol. The first-order chi connectivity index (χ1) is 15.0. The SMILES string of the molecule is CC(=O)N(C)C1CCN(CC(=O)Nc2cc(C3CCCC3)nn2-c2ccccc2)CC1. The van der Waals surface area contributed by atoms with Crippen LogP contribution in [-0.4, -0.2) is 64.1 Å². The number of carbonyl (C=O) groups excluding carboxylic acids is 2. The molecule has 1 N–H and O–H groups in total. The van der Waals surface area contributed by atoms with Gasteiger partial charge in [-0.25, -0.2) is 4.68 Å². The van der Waals surface area contributed by atoms with Crippen LogP contribution in [0.2, 0.25) is 0 Å². The molecule has 2 aliphatic rings. The third-order valence-corrected chi connectivity index (χ3v) is 6.74. The number of rotatable bonds is 6. The highest BCUT2D eigenvalue weighted by Gasteiger charge is 2.26. The molecule has 1 saturated heterocycles. The van der Waals surface area contributed by atoms with E-state index in [0.717, 1.165) is 43.1 Å². The normalized spacial score (nSPS) is 18.3. The summed E-state index contributed by atoms with van der Waals surface area (Å²) in [5.41, 5.74) is 2.03. The zero-order chi connectivity index (χ0) is 21.8. The van der Waals surface area contributed by atoms with Crippen molar-refractivity contribution in [1.29, 1.82) is 0 Å². The molecular weight excluding hydrogens is 390 g/mol. The van der Waals surface area contributed by atoms with E-state index in [9.17, 15) is 9.59 Å². The standard InChI is InChI=1S/C24H33N5O2/c1-18(30)27(2)20-12-14-28(15-13-20)17-24(31)25-23-16-22(19-8-6-7-9-19)26-29(23)21-10-4-3-5-11-21/h3-5,10-11,16,19-20H,6-9,12-15,17H2,1-2H3,(H,25,31). The first-order valence-electron chi connectivity index (χ1n) is 11.4. The van der Waals surface area contributed by atoms with Crippen LogP contribution in [0.25, 0.3) is 5.69 Å². The number of hydrogen-bond acceptors (Lipinski definition) is 4. The summed E-state index contributed by atoms with van der Waals surface area (Å²) in [5, 5.41) is 7.97. The van der Waals surface area contributed by atoms with Crippen LogP contribution < -0.4 is 5.32 Å². The number of piperidine rings is 1. The Labute approximate surface area is 184 Å². The molecule has 4 rings (SSSR count). The molecular formula is C24H33N5O2. The molecule has 1 aliphatic carbocycles. The van der Waals surface area contributed by atoms with Gasteiger partial charge in [-0.2, -0.15) is 5.10 Å². The predicted octanol–water partition coefficient (Wildman–Crippen LogP) is 3.41. The molecule has 31 heavy (non-hydrogen) atoms. The number of amides is 2. The first-order valence-corrected chi connectivity index (χ1v) is 11.4. The number of benzene rings is 1. The molecule has 0 radical (unpaired) electrons. The molecule has 2 aromatic rings. The van der Waals surface area contributed by atoms with Gasteiger partial charge in [-0.15, -0.1) is 0 Å². The Kier molecular flexibility index (Phi) is 6.70. The second kappa shape index (κ2) is 9.64. The van der Waals surface area contributed by atoms with E-state index in [1.165, 1.54) is 25.7 Å². The van der Waals surface area contributed by atoms with Gasteiger partial charge in [0.25, 0.3) is 0 Å². The summed E-state index contributed by atoms with van der Waals surface area (Å²) >= 11 is 0. The third kappa shape index (κ3) is 5.15. The predicted molar refractivity (Wildman–Crippen MR) is 121 cm³/mol. The number of nitrogens with zero attached hydrogens (tertiary/aromatic N) is 4. The Morgan fingerprint density at radius 3 is 2.42 bits per heavy atom. The smallest absolute Gasteiger partial charge is 0.239 e. The van der Waals surface area contributed by atoms with E-state index in [0.29, 0.717) is 12.5 Å². The highest BCUT2D eigenvalue weighted by atomic mass is 16.2. The number of carbonyl (C=O) groups is 2. The maximum Gasteiger partial charge on any atom is 0.239 e. The molecule has 1 saturated carbocycles. The number of nitrogens with one attached hydrogen (secondary N) is 1. The van der Waals surface area contributed by atoms with Gasteiger partial charge in [0, 0.05) is 45.1 Å². The summed E-state index contributed by atoms with van der Waals surface area (Å²) in [6, 6.07) is 12.3. The van der Waals surface area contributed by atoms with Crippen LogP contribution in [0.3, 0.4) is 0 Å². The molecule has 7 nitrogen and oxygen atoms in total. The Balaban J connectivity index is 1.41. The fourth-order valence-corrected chi connectivity index (χ4v) is 4.78. The Hall–Kier alpha value is -2.67. The van der Waals surface area contributed by atoms with E-state index in [-0.39, 0.29) is 17.9 Å². The van der Waals surface area contributed by atoms with Crippen molar-refractivity contribution in [2.75, 3.05) is 32.0 Å². The highest BCUT2D eigenvalue weighted by Crippen LogP contribution is 2.35. The molecule has 0 unspecified atom stereocenters. The van der Waals surface area contributed by atoms with Crippen LogP contribution in [-0.2, 0) is 9.59 Å². The lowest BCUT2D eigenvalue weighted by Gasteiger charge is -2.36. The lowest BCUT2D eigenvalue weighted by atomic mass is 10.0. The van der Waals surface area contributed by atoms with Crippen molar-refractivity contribution in [2.24, 2.45) is 0 Å². The number of para-hydroxylation sites is 1. The minimum absolute atomic E-state index is 0.0200. The summed E-state index contributed by atoms with van der Waals surface area (Å²) in [7, 11) is 1.86.